The molecule has 4 nitrogen and oxygen atoms in total. The Balaban J connectivity index is 2.90. The first-order valence-corrected chi connectivity index (χ1v) is 9.60. The van der Waals surface area contributed by atoms with Crippen LogP contribution in [-0.2, 0) is 20.4 Å². The first kappa shape index (κ1) is 22.3. The van der Waals surface area contributed by atoms with Crippen molar-refractivity contribution < 1.29 is 19.4 Å². The Labute approximate surface area is 158 Å². The van der Waals surface area contributed by atoms with E-state index in [-0.39, 0.29) is 23.6 Å². The average molecular weight is 365 g/mol. The molecule has 1 aromatic rings. The Morgan fingerprint density at radius 2 is 1.69 bits per heavy atom. The van der Waals surface area contributed by atoms with Gasteiger partial charge in [-0.3, -0.25) is 4.79 Å². The summed E-state index contributed by atoms with van der Waals surface area (Å²) in [6, 6.07) is 3.61. The molecule has 26 heavy (non-hydrogen) atoms. The van der Waals surface area contributed by atoms with Gasteiger partial charge in [0.1, 0.15) is 11.5 Å². The molecule has 0 bridgehead atoms. The lowest BCUT2D eigenvalue weighted by Gasteiger charge is -2.29. The summed E-state index contributed by atoms with van der Waals surface area (Å²) in [6.45, 7) is 12.7. The lowest BCUT2D eigenvalue weighted by molar-refractivity contribution is -0.145. The normalized spacial score (nSPS) is 12.1. The second-order valence-corrected chi connectivity index (χ2v) is 8.66. The van der Waals surface area contributed by atoms with E-state index in [0.717, 1.165) is 37.0 Å². The molecule has 0 saturated carbocycles. The maximum atomic E-state index is 12.2. The van der Waals surface area contributed by atoms with Crippen LogP contribution in [0.25, 0.3) is 0 Å². The second kappa shape index (κ2) is 9.29. The van der Waals surface area contributed by atoms with Gasteiger partial charge in [0, 0.05) is 16.5 Å². The molecule has 0 radical (unpaired) electrons. The van der Waals surface area contributed by atoms with Crippen LogP contribution in [0.15, 0.2) is 12.1 Å². The number of esters is 1. The van der Waals surface area contributed by atoms with Crippen LogP contribution < -0.4 is 4.74 Å². The maximum Gasteiger partial charge on any atom is 0.306 e. The number of aromatic hydroxyl groups is 1. The van der Waals surface area contributed by atoms with E-state index in [9.17, 15) is 9.90 Å². The summed E-state index contributed by atoms with van der Waals surface area (Å²) >= 11 is 0. The van der Waals surface area contributed by atoms with Crippen molar-refractivity contribution in [3.05, 3.63) is 23.3 Å². The van der Waals surface area contributed by atoms with Crippen molar-refractivity contribution in [2.75, 3.05) is 13.7 Å². The van der Waals surface area contributed by atoms with Gasteiger partial charge in [-0.1, -0.05) is 60.8 Å². The Morgan fingerprint density at radius 3 is 2.23 bits per heavy atom. The predicted molar refractivity (Wildman–Crippen MR) is 106 cm³/mol. The van der Waals surface area contributed by atoms with Gasteiger partial charge in [-0.05, 0) is 24.0 Å². The zero-order valence-corrected chi connectivity index (χ0v) is 17.6. The van der Waals surface area contributed by atoms with Gasteiger partial charge in [0.15, 0.2) is 0 Å². The largest absolute Gasteiger partial charge is 0.508 e. The maximum absolute atomic E-state index is 12.2. The number of phenolic OH excluding ortho intramolecular Hbond substituents is 1. The minimum Gasteiger partial charge on any atom is -0.508 e. The summed E-state index contributed by atoms with van der Waals surface area (Å²) in [5, 5.41) is 10.6. The molecule has 0 saturated heterocycles. The fraction of sp³-hybridized carbons (Fsp3) is 0.682. The summed E-state index contributed by atoms with van der Waals surface area (Å²) in [4.78, 5) is 12.2. The Morgan fingerprint density at radius 1 is 1.04 bits per heavy atom. The molecule has 0 aliphatic heterocycles. The Hall–Kier alpha value is -1.71. The quantitative estimate of drug-likeness (QED) is 0.465. The highest BCUT2D eigenvalue weighted by Gasteiger charge is 2.31. The summed E-state index contributed by atoms with van der Waals surface area (Å²) in [5.41, 5.74) is 0.942. The van der Waals surface area contributed by atoms with Gasteiger partial charge in [-0.2, -0.15) is 0 Å². The van der Waals surface area contributed by atoms with Gasteiger partial charge in [-0.25, -0.2) is 0 Å². The average Bonchev–Trinajstić information content (AvgIpc) is 2.52. The molecule has 1 N–H and O–H groups in total. The van der Waals surface area contributed by atoms with E-state index in [4.69, 9.17) is 9.47 Å². The predicted octanol–water partition coefficient (Wildman–Crippen LogP) is 5.49. The van der Waals surface area contributed by atoms with Crippen LogP contribution in [-0.4, -0.2) is 24.8 Å². The van der Waals surface area contributed by atoms with Crippen LogP contribution in [0.2, 0.25) is 0 Å². The van der Waals surface area contributed by atoms with Gasteiger partial charge >= 0.3 is 5.97 Å². The molecule has 1 aromatic carbocycles. The molecule has 0 aliphatic rings. The summed E-state index contributed by atoms with van der Waals surface area (Å²) in [7, 11) is 1.63. The molecule has 0 atom stereocenters. The molecule has 0 aromatic heterocycles. The zero-order valence-electron chi connectivity index (χ0n) is 17.6. The van der Waals surface area contributed by atoms with Crippen LogP contribution in [0.5, 0.6) is 11.5 Å². The standard InChI is InChI=1S/C22H36O4/c1-8-9-10-11-12-26-20(24)15-22(5,6)16-14-19(25-7)17(13-18(16)23)21(2,3)4/h13-14,23H,8-12,15H2,1-7H3. The van der Waals surface area contributed by atoms with E-state index in [0.29, 0.717) is 12.2 Å². The number of hydrogen-bond acceptors (Lipinski definition) is 4. The van der Waals surface area contributed by atoms with Crippen LogP contribution in [0, 0.1) is 0 Å². The van der Waals surface area contributed by atoms with Gasteiger partial charge in [0.05, 0.1) is 20.1 Å². The highest BCUT2D eigenvalue weighted by atomic mass is 16.5. The fourth-order valence-corrected chi connectivity index (χ4v) is 3.09. The van der Waals surface area contributed by atoms with Gasteiger partial charge in [0.2, 0.25) is 0 Å². The fourth-order valence-electron chi connectivity index (χ4n) is 3.09. The van der Waals surface area contributed by atoms with E-state index in [1.54, 1.807) is 13.2 Å². The van der Waals surface area contributed by atoms with Crippen LogP contribution in [0.4, 0.5) is 0 Å². The molecule has 0 amide bonds. The number of benzene rings is 1. The van der Waals surface area contributed by atoms with Gasteiger partial charge in [0.25, 0.3) is 0 Å². The van der Waals surface area contributed by atoms with Crippen LogP contribution in [0.3, 0.4) is 0 Å². The van der Waals surface area contributed by atoms with Crippen molar-refractivity contribution in [3.63, 3.8) is 0 Å². The van der Waals surface area contributed by atoms with Crippen molar-refractivity contribution >= 4 is 5.97 Å². The van der Waals surface area contributed by atoms with E-state index in [1.165, 1.54) is 0 Å². The molecule has 0 spiro atoms. The smallest absolute Gasteiger partial charge is 0.306 e. The molecular weight excluding hydrogens is 328 g/mol. The third-order valence-corrected chi connectivity index (χ3v) is 4.70. The number of methoxy groups -OCH3 is 1. The topological polar surface area (TPSA) is 55.8 Å². The molecule has 1 rings (SSSR count). The van der Waals surface area contributed by atoms with Gasteiger partial charge < -0.3 is 14.6 Å². The monoisotopic (exact) mass is 364 g/mol. The number of phenols is 1. The third kappa shape index (κ3) is 6.22. The number of carbonyl (C=O) groups excluding carboxylic acids is 1. The Kier molecular flexibility index (Phi) is 7.98. The molecular formula is C22H36O4. The van der Waals surface area contributed by atoms with Crippen molar-refractivity contribution in [2.24, 2.45) is 0 Å². The number of ether oxygens (including phenoxy) is 2. The van der Waals surface area contributed by atoms with Crippen molar-refractivity contribution in [1.29, 1.82) is 0 Å². The molecule has 0 unspecified atom stereocenters. The Bertz CT molecular complexity index is 597. The summed E-state index contributed by atoms with van der Waals surface area (Å²) < 4.78 is 10.9. The number of hydrogen-bond donors (Lipinski definition) is 1. The minimum atomic E-state index is -0.547. The molecule has 0 fully saturated rings. The number of unbranched alkanes of at least 4 members (excludes halogenated alkanes) is 3. The zero-order chi connectivity index (χ0) is 20.0. The first-order chi connectivity index (χ1) is 12.0. The lowest BCUT2D eigenvalue weighted by atomic mass is 9.78. The third-order valence-electron chi connectivity index (χ3n) is 4.70. The van der Waals surface area contributed by atoms with Gasteiger partial charge in [-0.15, -0.1) is 0 Å². The van der Waals surface area contributed by atoms with E-state index < -0.39 is 5.41 Å². The first-order valence-electron chi connectivity index (χ1n) is 9.60. The van der Waals surface area contributed by atoms with E-state index in [2.05, 4.69) is 27.7 Å². The molecule has 4 heteroatoms. The van der Waals surface area contributed by atoms with Crippen LogP contribution in [0.1, 0.15) is 84.8 Å². The minimum absolute atomic E-state index is 0.150. The highest BCUT2D eigenvalue weighted by Crippen LogP contribution is 2.41. The summed E-state index contributed by atoms with van der Waals surface area (Å²) in [5.74, 6) is 0.688. The van der Waals surface area contributed by atoms with Crippen molar-refractivity contribution in [1.82, 2.24) is 0 Å². The van der Waals surface area contributed by atoms with Crippen LogP contribution >= 0.6 is 0 Å². The summed E-state index contributed by atoms with van der Waals surface area (Å²) in [6.07, 6.45) is 4.52. The SMILES string of the molecule is CCCCCCOC(=O)CC(C)(C)c1cc(OC)c(C(C)(C)C)cc1O. The molecule has 0 heterocycles. The van der Waals surface area contributed by atoms with E-state index >= 15 is 0 Å². The lowest BCUT2D eigenvalue weighted by Crippen LogP contribution is -2.24. The van der Waals surface area contributed by atoms with E-state index in [1.807, 2.05) is 19.9 Å². The second-order valence-electron chi connectivity index (χ2n) is 8.66. The number of rotatable bonds is 9. The number of carbonyl (C=O) groups is 1. The van der Waals surface area contributed by atoms with Crippen molar-refractivity contribution in [2.45, 2.75) is 84.5 Å². The molecule has 148 valence electrons. The molecule has 0 aliphatic carbocycles. The van der Waals surface area contributed by atoms with Crippen molar-refractivity contribution in [3.8, 4) is 11.5 Å². The highest BCUT2D eigenvalue weighted by molar-refractivity contribution is 5.72.